The van der Waals surface area contributed by atoms with Crippen molar-refractivity contribution in [1.82, 2.24) is 29.7 Å². The van der Waals surface area contributed by atoms with Crippen LogP contribution in [0.2, 0.25) is 5.02 Å². The van der Waals surface area contributed by atoms with E-state index in [0.717, 1.165) is 12.4 Å². The van der Waals surface area contributed by atoms with Crippen LogP contribution in [0.15, 0.2) is 49.1 Å². The van der Waals surface area contributed by atoms with Crippen LogP contribution in [0, 0.1) is 5.82 Å². The first-order chi connectivity index (χ1) is 17.2. The third-order valence-electron chi connectivity index (χ3n) is 5.41. The third-order valence-corrected chi connectivity index (χ3v) is 7.67. The molecule has 0 aliphatic carbocycles. The van der Waals surface area contributed by atoms with E-state index in [1.165, 1.54) is 27.3 Å². The number of ether oxygens (including phenoxy) is 2. The molecule has 36 heavy (non-hydrogen) atoms. The minimum Gasteiger partial charge on any atom is -0.494 e. The van der Waals surface area contributed by atoms with Crippen LogP contribution >= 0.6 is 11.6 Å². The lowest BCUT2D eigenvalue weighted by Crippen LogP contribution is -2.24. The summed E-state index contributed by atoms with van der Waals surface area (Å²) in [6, 6.07) is 6.81. The fourth-order valence-corrected chi connectivity index (χ4v) is 4.98. The zero-order valence-corrected chi connectivity index (χ0v) is 21.2. The molecule has 0 amide bonds. The number of methoxy groups -OCH3 is 2. The summed E-state index contributed by atoms with van der Waals surface area (Å²) >= 11 is 6.15. The molecule has 0 unspecified atom stereocenters. The smallest absolute Gasteiger partial charge is 0.170 e. The standard InChI is InChI=1S/C23H22ClFN6O4S/c1-14(7-20-27-11-17(25)12-28-20)36(32,33)13-21-29-30-23(15-8-16(24)10-26-9-15)31(21)22-18(34-2)5-4-6-19(22)35-3/h4-6,8-12,14H,7,13H2,1-3H3/t14-/m1/s1. The van der Waals surface area contributed by atoms with Gasteiger partial charge >= 0.3 is 0 Å². The molecule has 0 radical (unpaired) electrons. The van der Waals surface area contributed by atoms with Crippen molar-refractivity contribution in [3.8, 4) is 28.6 Å². The maximum absolute atomic E-state index is 13.4. The number of benzene rings is 1. The van der Waals surface area contributed by atoms with Gasteiger partial charge < -0.3 is 9.47 Å². The summed E-state index contributed by atoms with van der Waals surface area (Å²) in [4.78, 5) is 11.8. The molecule has 3 aromatic heterocycles. The Labute approximate surface area is 212 Å². The second-order valence-corrected chi connectivity index (χ2v) is 10.7. The van der Waals surface area contributed by atoms with Gasteiger partial charge in [0, 0.05) is 24.4 Å². The molecule has 0 bridgehead atoms. The lowest BCUT2D eigenvalue weighted by atomic mass is 10.2. The van der Waals surface area contributed by atoms with E-state index in [0.29, 0.717) is 33.6 Å². The number of sulfone groups is 1. The molecule has 0 spiro atoms. The molecule has 0 saturated carbocycles. The Balaban J connectivity index is 1.81. The number of aromatic nitrogens is 6. The molecule has 0 fully saturated rings. The molecular weight excluding hydrogens is 511 g/mol. The quantitative estimate of drug-likeness (QED) is 0.319. The highest BCUT2D eigenvalue weighted by Crippen LogP contribution is 2.37. The van der Waals surface area contributed by atoms with Gasteiger partial charge in [-0.25, -0.2) is 22.8 Å². The number of halogens is 2. The first-order valence-corrected chi connectivity index (χ1v) is 12.8. The first kappa shape index (κ1) is 25.5. The maximum atomic E-state index is 13.4. The van der Waals surface area contributed by atoms with E-state index < -0.39 is 26.7 Å². The van der Waals surface area contributed by atoms with Gasteiger partial charge in [-0.1, -0.05) is 17.7 Å². The van der Waals surface area contributed by atoms with Crippen LogP contribution < -0.4 is 9.47 Å². The number of pyridine rings is 1. The van der Waals surface area contributed by atoms with Gasteiger partial charge in [0.25, 0.3) is 0 Å². The van der Waals surface area contributed by atoms with E-state index in [2.05, 4.69) is 25.1 Å². The van der Waals surface area contributed by atoms with Gasteiger partial charge in [-0.2, -0.15) is 0 Å². The number of para-hydroxylation sites is 1. The van der Waals surface area contributed by atoms with Crippen molar-refractivity contribution in [3.63, 3.8) is 0 Å². The lowest BCUT2D eigenvalue weighted by molar-refractivity contribution is 0.391. The minimum atomic E-state index is -3.79. The molecule has 188 valence electrons. The SMILES string of the molecule is COc1cccc(OC)c1-n1c(CS(=O)(=O)[C@H](C)Cc2ncc(F)cn2)nnc1-c1cncc(Cl)c1. The highest BCUT2D eigenvalue weighted by molar-refractivity contribution is 7.91. The summed E-state index contributed by atoms with van der Waals surface area (Å²) in [7, 11) is -0.808. The van der Waals surface area contributed by atoms with Crippen molar-refractivity contribution in [2.75, 3.05) is 14.2 Å². The Morgan fingerprint density at radius 2 is 1.72 bits per heavy atom. The van der Waals surface area contributed by atoms with Crippen LogP contribution in [0.1, 0.15) is 18.6 Å². The van der Waals surface area contributed by atoms with Gasteiger partial charge in [-0.3, -0.25) is 9.55 Å². The molecule has 3 heterocycles. The first-order valence-electron chi connectivity index (χ1n) is 10.7. The maximum Gasteiger partial charge on any atom is 0.170 e. The molecule has 4 aromatic rings. The van der Waals surface area contributed by atoms with Crippen LogP contribution in [0.5, 0.6) is 11.5 Å². The summed E-state index contributed by atoms with van der Waals surface area (Å²) in [6.45, 7) is 1.54. The summed E-state index contributed by atoms with van der Waals surface area (Å²) < 4.78 is 52.5. The molecule has 13 heteroatoms. The predicted molar refractivity (Wildman–Crippen MR) is 130 cm³/mol. The van der Waals surface area contributed by atoms with Crippen LogP contribution in [-0.4, -0.2) is 57.6 Å². The van der Waals surface area contributed by atoms with Crippen molar-refractivity contribution in [2.24, 2.45) is 0 Å². The molecule has 1 atom stereocenters. The van der Waals surface area contributed by atoms with E-state index in [-0.39, 0.29) is 18.1 Å². The van der Waals surface area contributed by atoms with E-state index >= 15 is 0 Å². The predicted octanol–water partition coefficient (Wildman–Crippen LogP) is 3.48. The van der Waals surface area contributed by atoms with Crippen molar-refractivity contribution < 1.29 is 22.3 Å². The van der Waals surface area contributed by atoms with Crippen LogP contribution in [0.25, 0.3) is 17.1 Å². The van der Waals surface area contributed by atoms with Gasteiger partial charge in [0.15, 0.2) is 27.3 Å². The fraction of sp³-hybridized carbons (Fsp3) is 0.261. The van der Waals surface area contributed by atoms with Crippen LogP contribution in [-0.2, 0) is 22.0 Å². The Morgan fingerprint density at radius 1 is 1.06 bits per heavy atom. The average Bonchev–Trinajstić information content (AvgIpc) is 3.27. The van der Waals surface area contributed by atoms with E-state index in [1.54, 1.807) is 35.0 Å². The molecule has 0 aliphatic heterocycles. The van der Waals surface area contributed by atoms with E-state index in [4.69, 9.17) is 21.1 Å². The third kappa shape index (κ3) is 5.29. The molecule has 0 aliphatic rings. The van der Waals surface area contributed by atoms with Crippen molar-refractivity contribution >= 4 is 21.4 Å². The summed E-state index contributed by atoms with van der Waals surface area (Å²) in [5.74, 6) is 0.403. The van der Waals surface area contributed by atoms with Gasteiger partial charge in [0.2, 0.25) is 0 Å². The summed E-state index contributed by atoms with van der Waals surface area (Å²) in [5.41, 5.74) is 0.932. The number of hydrogen-bond acceptors (Lipinski definition) is 9. The van der Waals surface area contributed by atoms with Crippen LogP contribution in [0.4, 0.5) is 4.39 Å². The van der Waals surface area contributed by atoms with E-state index in [9.17, 15) is 12.8 Å². The van der Waals surface area contributed by atoms with Crippen LogP contribution in [0.3, 0.4) is 0 Å². The topological polar surface area (TPSA) is 122 Å². The largest absolute Gasteiger partial charge is 0.494 e. The summed E-state index contributed by atoms with van der Waals surface area (Å²) in [5, 5.41) is 7.96. The van der Waals surface area contributed by atoms with Crippen molar-refractivity contribution in [1.29, 1.82) is 0 Å². The Hall–Kier alpha value is -3.64. The summed E-state index contributed by atoms with van der Waals surface area (Å²) in [6.07, 6.45) is 5.01. The van der Waals surface area contributed by atoms with Gasteiger partial charge in [0.1, 0.15) is 28.8 Å². The highest BCUT2D eigenvalue weighted by atomic mass is 35.5. The zero-order valence-electron chi connectivity index (χ0n) is 19.6. The highest BCUT2D eigenvalue weighted by Gasteiger charge is 2.29. The monoisotopic (exact) mass is 532 g/mol. The van der Waals surface area contributed by atoms with E-state index in [1.807, 2.05) is 0 Å². The number of rotatable bonds is 9. The Bertz CT molecular complexity index is 1460. The van der Waals surface area contributed by atoms with Gasteiger partial charge in [0.05, 0.1) is 36.9 Å². The molecular formula is C23H22ClFN6O4S. The Kier molecular flexibility index (Phi) is 7.45. The molecule has 1 aromatic carbocycles. The van der Waals surface area contributed by atoms with Gasteiger partial charge in [-0.15, -0.1) is 10.2 Å². The molecule has 10 nitrogen and oxygen atoms in total. The van der Waals surface area contributed by atoms with Crippen molar-refractivity contribution in [2.45, 2.75) is 24.3 Å². The zero-order chi connectivity index (χ0) is 25.9. The number of nitrogens with zero attached hydrogens (tertiary/aromatic N) is 6. The molecule has 4 rings (SSSR count). The second kappa shape index (κ2) is 10.5. The molecule has 0 N–H and O–H groups in total. The van der Waals surface area contributed by atoms with Gasteiger partial charge in [-0.05, 0) is 25.1 Å². The fourth-order valence-electron chi connectivity index (χ4n) is 3.57. The number of hydrogen-bond donors (Lipinski definition) is 0. The molecule has 0 saturated heterocycles. The lowest BCUT2D eigenvalue weighted by Gasteiger charge is -2.18. The average molecular weight is 533 g/mol. The Morgan fingerprint density at radius 3 is 2.33 bits per heavy atom. The minimum absolute atomic E-state index is 0.000198. The second-order valence-electron chi connectivity index (χ2n) is 7.82. The normalized spacial score (nSPS) is 12.4. The van der Waals surface area contributed by atoms with Crippen molar-refractivity contribution in [3.05, 3.63) is 71.5 Å².